The molecule has 1 saturated heterocycles. The Kier molecular flexibility index (Phi) is 4.99. The van der Waals surface area contributed by atoms with Crippen LogP contribution in [0.3, 0.4) is 0 Å². The summed E-state index contributed by atoms with van der Waals surface area (Å²) in [4.78, 5) is 0. The van der Waals surface area contributed by atoms with E-state index in [1.807, 2.05) is 0 Å². The predicted molar refractivity (Wildman–Crippen MR) is 82.2 cm³/mol. The molecule has 3 fully saturated rings. The van der Waals surface area contributed by atoms with Gasteiger partial charge in [-0.2, -0.15) is 5.26 Å². The zero-order valence-corrected chi connectivity index (χ0v) is 12.8. The maximum Gasteiger partial charge on any atom is 0.0655 e. The van der Waals surface area contributed by atoms with Crippen molar-refractivity contribution in [2.75, 3.05) is 6.54 Å². The molecule has 2 heteroatoms. The first kappa shape index (κ1) is 14.4. The highest BCUT2D eigenvalue weighted by Crippen LogP contribution is 2.37. The molecule has 0 radical (unpaired) electrons. The largest absolute Gasteiger partial charge is 0.313 e. The highest BCUT2D eigenvalue weighted by atomic mass is 14.9. The summed E-state index contributed by atoms with van der Waals surface area (Å²) in [7, 11) is 0. The van der Waals surface area contributed by atoms with Crippen LogP contribution in [-0.2, 0) is 0 Å². The van der Waals surface area contributed by atoms with Crippen molar-refractivity contribution in [3.05, 3.63) is 0 Å². The van der Waals surface area contributed by atoms with Gasteiger partial charge in [-0.05, 0) is 62.8 Å². The van der Waals surface area contributed by atoms with Gasteiger partial charge in [-0.1, -0.05) is 32.1 Å². The Labute approximate surface area is 124 Å². The molecule has 0 aromatic carbocycles. The molecule has 0 bridgehead atoms. The minimum absolute atomic E-state index is 0.352. The van der Waals surface area contributed by atoms with Crippen molar-refractivity contribution in [2.45, 2.75) is 76.7 Å². The number of piperidine rings is 1. The first-order valence-corrected chi connectivity index (χ1v) is 9.00. The second-order valence-corrected chi connectivity index (χ2v) is 7.49. The summed E-state index contributed by atoms with van der Waals surface area (Å²) in [5, 5.41) is 12.9. The summed E-state index contributed by atoms with van der Waals surface area (Å²) in [5.41, 5.74) is 0. The van der Waals surface area contributed by atoms with E-state index in [2.05, 4.69) is 11.4 Å². The first-order chi connectivity index (χ1) is 9.86. The van der Waals surface area contributed by atoms with Gasteiger partial charge in [0.1, 0.15) is 0 Å². The molecule has 112 valence electrons. The van der Waals surface area contributed by atoms with E-state index in [4.69, 9.17) is 5.26 Å². The Hall–Kier alpha value is -0.550. The molecule has 2 nitrogen and oxygen atoms in total. The zero-order chi connectivity index (χ0) is 13.8. The molecule has 1 heterocycles. The Balaban J connectivity index is 1.43. The fraction of sp³-hybridized carbons (Fsp3) is 0.944. The Morgan fingerprint density at radius 1 is 0.700 bits per heavy atom. The molecule has 2 atom stereocenters. The van der Waals surface area contributed by atoms with Gasteiger partial charge in [0.2, 0.25) is 0 Å². The van der Waals surface area contributed by atoms with Crippen molar-refractivity contribution in [1.29, 1.82) is 5.26 Å². The maximum atomic E-state index is 9.00. The second-order valence-electron chi connectivity index (χ2n) is 7.49. The second kappa shape index (κ2) is 6.94. The minimum Gasteiger partial charge on any atom is -0.313 e. The average molecular weight is 274 g/mol. The van der Waals surface area contributed by atoms with Crippen LogP contribution in [0.1, 0.15) is 70.6 Å². The van der Waals surface area contributed by atoms with Crippen molar-refractivity contribution in [2.24, 2.45) is 23.7 Å². The lowest BCUT2D eigenvalue weighted by Crippen LogP contribution is -2.46. The highest BCUT2D eigenvalue weighted by molar-refractivity contribution is 4.92. The summed E-state index contributed by atoms with van der Waals surface area (Å²) in [6.45, 7) is 1.27. The molecule has 1 N–H and O–H groups in total. The van der Waals surface area contributed by atoms with E-state index in [1.54, 1.807) is 0 Å². The first-order valence-electron chi connectivity index (χ1n) is 9.00. The number of hydrogen-bond acceptors (Lipinski definition) is 2. The Morgan fingerprint density at radius 2 is 1.40 bits per heavy atom. The van der Waals surface area contributed by atoms with Gasteiger partial charge in [-0.25, -0.2) is 0 Å². The summed E-state index contributed by atoms with van der Waals surface area (Å²) in [5.74, 6) is 3.19. The molecule has 1 aliphatic heterocycles. The molecular weight excluding hydrogens is 244 g/mol. The van der Waals surface area contributed by atoms with Crippen molar-refractivity contribution >= 4 is 0 Å². The van der Waals surface area contributed by atoms with Crippen LogP contribution in [-0.4, -0.2) is 12.6 Å². The number of rotatable bonds is 2. The fourth-order valence-electron chi connectivity index (χ4n) is 4.96. The topological polar surface area (TPSA) is 35.8 Å². The molecule has 20 heavy (non-hydrogen) atoms. The van der Waals surface area contributed by atoms with Crippen LogP contribution < -0.4 is 5.32 Å². The molecule has 2 unspecified atom stereocenters. The molecule has 3 aliphatic rings. The molecule has 3 rings (SSSR count). The quantitative estimate of drug-likeness (QED) is 0.816. The molecular formula is C18H30N2. The van der Waals surface area contributed by atoms with Crippen LogP contribution in [0.4, 0.5) is 0 Å². The highest BCUT2D eigenvalue weighted by Gasteiger charge is 2.33. The molecule has 2 aliphatic carbocycles. The Morgan fingerprint density at radius 3 is 2.00 bits per heavy atom. The van der Waals surface area contributed by atoms with Gasteiger partial charge in [0.05, 0.1) is 6.07 Å². The van der Waals surface area contributed by atoms with Crippen LogP contribution in [0.2, 0.25) is 0 Å². The number of nitrogens with one attached hydrogen (secondary N) is 1. The van der Waals surface area contributed by atoms with Gasteiger partial charge in [-0.3, -0.25) is 0 Å². The SMILES string of the molecule is N#CC1CCC(C2CCC(C3CCCCC3)CN2)CC1. The van der Waals surface area contributed by atoms with Crippen LogP contribution >= 0.6 is 0 Å². The van der Waals surface area contributed by atoms with Crippen LogP contribution in [0, 0.1) is 35.0 Å². The van der Waals surface area contributed by atoms with Gasteiger partial charge in [-0.15, -0.1) is 0 Å². The third kappa shape index (κ3) is 3.37. The van der Waals surface area contributed by atoms with Gasteiger partial charge in [0.25, 0.3) is 0 Å². The van der Waals surface area contributed by atoms with Gasteiger partial charge >= 0.3 is 0 Å². The normalized spacial score (nSPS) is 40.1. The molecule has 0 aromatic heterocycles. The van der Waals surface area contributed by atoms with E-state index >= 15 is 0 Å². The third-order valence-electron chi connectivity index (χ3n) is 6.33. The van der Waals surface area contributed by atoms with Gasteiger partial charge in [0.15, 0.2) is 0 Å². The summed E-state index contributed by atoms with van der Waals surface area (Å²) >= 11 is 0. The molecule has 0 spiro atoms. The smallest absolute Gasteiger partial charge is 0.0655 e. The van der Waals surface area contributed by atoms with E-state index in [0.29, 0.717) is 5.92 Å². The molecule has 0 aromatic rings. The Bertz CT molecular complexity index is 324. The molecule has 2 saturated carbocycles. The number of nitrogens with zero attached hydrogens (tertiary/aromatic N) is 1. The van der Waals surface area contributed by atoms with E-state index in [1.165, 1.54) is 64.3 Å². The van der Waals surface area contributed by atoms with Crippen molar-refractivity contribution in [3.8, 4) is 6.07 Å². The van der Waals surface area contributed by atoms with E-state index in [9.17, 15) is 0 Å². The van der Waals surface area contributed by atoms with Gasteiger partial charge < -0.3 is 5.32 Å². The summed E-state index contributed by atoms with van der Waals surface area (Å²) < 4.78 is 0. The van der Waals surface area contributed by atoms with Crippen molar-refractivity contribution in [3.63, 3.8) is 0 Å². The standard InChI is InChI=1S/C18H30N2/c19-12-14-6-8-16(9-7-14)18-11-10-17(13-20-18)15-4-2-1-3-5-15/h14-18,20H,1-11,13H2. The lowest BCUT2D eigenvalue weighted by atomic mass is 9.72. The van der Waals surface area contributed by atoms with Crippen LogP contribution in [0.5, 0.6) is 0 Å². The lowest BCUT2D eigenvalue weighted by molar-refractivity contribution is 0.146. The average Bonchev–Trinajstić information content (AvgIpc) is 2.56. The van der Waals surface area contributed by atoms with E-state index < -0.39 is 0 Å². The fourth-order valence-corrected chi connectivity index (χ4v) is 4.96. The van der Waals surface area contributed by atoms with Crippen LogP contribution in [0.25, 0.3) is 0 Å². The van der Waals surface area contributed by atoms with E-state index in [0.717, 1.165) is 36.6 Å². The number of nitriles is 1. The monoisotopic (exact) mass is 274 g/mol. The van der Waals surface area contributed by atoms with E-state index in [-0.39, 0.29) is 0 Å². The third-order valence-corrected chi connectivity index (χ3v) is 6.33. The summed E-state index contributed by atoms with van der Waals surface area (Å²) in [6.07, 6.45) is 15.1. The summed E-state index contributed by atoms with van der Waals surface area (Å²) in [6, 6.07) is 3.22. The number of hydrogen-bond donors (Lipinski definition) is 1. The molecule has 0 amide bonds. The minimum atomic E-state index is 0.352. The lowest BCUT2D eigenvalue weighted by Gasteiger charge is -2.40. The van der Waals surface area contributed by atoms with Crippen LogP contribution in [0.15, 0.2) is 0 Å². The zero-order valence-electron chi connectivity index (χ0n) is 12.8. The maximum absolute atomic E-state index is 9.00. The van der Waals surface area contributed by atoms with Crippen molar-refractivity contribution in [1.82, 2.24) is 5.32 Å². The van der Waals surface area contributed by atoms with Crippen molar-refractivity contribution < 1.29 is 0 Å². The predicted octanol–water partition coefficient (Wildman–Crippen LogP) is 4.26. The van der Waals surface area contributed by atoms with Gasteiger partial charge in [0, 0.05) is 12.0 Å².